The zero-order valence-electron chi connectivity index (χ0n) is 15.1. The number of nitrogens with two attached hydrogens (primary N) is 1. The van der Waals surface area contributed by atoms with Crippen molar-refractivity contribution in [3.8, 4) is 0 Å². The van der Waals surface area contributed by atoms with E-state index in [1.54, 1.807) is 13.8 Å². The van der Waals surface area contributed by atoms with Crippen LogP contribution in [-0.4, -0.2) is 70.3 Å². The second-order valence-electron chi connectivity index (χ2n) is 6.12. The van der Waals surface area contributed by atoms with E-state index >= 15 is 0 Å². The normalized spacial score (nSPS) is 14.0. The molecule has 0 aliphatic rings. The maximum Gasteiger partial charge on any atom is 0.327 e. The highest BCUT2D eigenvalue weighted by atomic mass is 32.1. The van der Waals surface area contributed by atoms with E-state index in [2.05, 4.69) is 28.6 Å². The van der Waals surface area contributed by atoms with Crippen molar-refractivity contribution in [3.05, 3.63) is 0 Å². The van der Waals surface area contributed by atoms with Crippen molar-refractivity contribution in [2.75, 3.05) is 12.3 Å². The van der Waals surface area contributed by atoms with Crippen LogP contribution in [0.25, 0.3) is 0 Å². The van der Waals surface area contributed by atoms with Gasteiger partial charge in [0.2, 0.25) is 17.7 Å². The fourth-order valence-electron chi connectivity index (χ4n) is 1.83. The van der Waals surface area contributed by atoms with E-state index in [0.29, 0.717) is 0 Å². The molecule has 0 saturated heterocycles. The summed E-state index contributed by atoms with van der Waals surface area (Å²) in [5.41, 5.74) is 5.64. The average molecular weight is 406 g/mol. The van der Waals surface area contributed by atoms with Gasteiger partial charge >= 0.3 is 11.9 Å². The Hall–Kier alpha value is -2.34. The Morgan fingerprint density at radius 1 is 1.00 bits per heavy atom. The van der Waals surface area contributed by atoms with E-state index < -0.39 is 60.8 Å². The Labute approximate surface area is 161 Å². The van der Waals surface area contributed by atoms with Gasteiger partial charge in [0.05, 0.1) is 12.6 Å². The molecule has 3 atom stereocenters. The number of carbonyl (C=O) groups is 5. The van der Waals surface area contributed by atoms with Crippen molar-refractivity contribution in [2.45, 2.75) is 44.8 Å². The molecule has 0 aromatic heterocycles. The molecule has 0 radical (unpaired) electrons. The third-order valence-corrected chi connectivity index (χ3v) is 3.91. The average Bonchev–Trinajstić information content (AvgIpc) is 2.59. The molecule has 3 unspecified atom stereocenters. The molecular weight excluding hydrogens is 380 g/mol. The Kier molecular flexibility index (Phi) is 11.1. The number of amides is 3. The highest BCUT2D eigenvalue weighted by Gasteiger charge is 2.26. The van der Waals surface area contributed by atoms with Crippen LogP contribution in [0.15, 0.2) is 0 Å². The number of hydrogen-bond donors (Lipinski definition) is 7. The summed E-state index contributed by atoms with van der Waals surface area (Å²) in [5.74, 6) is -5.01. The summed E-state index contributed by atoms with van der Waals surface area (Å²) in [6, 6.07) is -3.39. The molecule has 0 spiro atoms. The van der Waals surface area contributed by atoms with Gasteiger partial charge in [0, 0.05) is 12.2 Å². The first kappa shape index (κ1) is 24.7. The van der Waals surface area contributed by atoms with Gasteiger partial charge in [-0.2, -0.15) is 12.6 Å². The van der Waals surface area contributed by atoms with Crippen molar-refractivity contribution in [1.82, 2.24) is 16.0 Å². The summed E-state index contributed by atoms with van der Waals surface area (Å²) in [6.07, 6.45) is -0.688. The van der Waals surface area contributed by atoms with E-state index in [9.17, 15) is 24.0 Å². The van der Waals surface area contributed by atoms with Gasteiger partial charge < -0.3 is 31.9 Å². The molecule has 12 heteroatoms. The Bertz CT molecular complexity index is 570. The minimum atomic E-state index is -1.32. The maximum atomic E-state index is 12.2. The van der Waals surface area contributed by atoms with Crippen molar-refractivity contribution < 1.29 is 34.2 Å². The number of rotatable bonds is 12. The number of hydrogen-bond acceptors (Lipinski definition) is 7. The molecule has 0 rings (SSSR count). The summed E-state index contributed by atoms with van der Waals surface area (Å²) in [4.78, 5) is 57.6. The van der Waals surface area contributed by atoms with Gasteiger partial charge in [-0.15, -0.1) is 0 Å². The van der Waals surface area contributed by atoms with Crippen LogP contribution in [0, 0.1) is 5.92 Å². The molecule has 0 aromatic carbocycles. The molecule has 0 saturated carbocycles. The molecule has 0 aromatic rings. The first-order chi connectivity index (χ1) is 12.5. The van der Waals surface area contributed by atoms with E-state index in [4.69, 9.17) is 15.9 Å². The smallest absolute Gasteiger partial charge is 0.327 e. The van der Waals surface area contributed by atoms with Crippen LogP contribution in [0.5, 0.6) is 0 Å². The molecule has 0 heterocycles. The monoisotopic (exact) mass is 406 g/mol. The molecule has 3 amide bonds. The van der Waals surface area contributed by atoms with Crippen molar-refractivity contribution in [2.24, 2.45) is 11.7 Å². The predicted octanol–water partition coefficient (Wildman–Crippen LogP) is -2.07. The molecule has 0 bridgehead atoms. The van der Waals surface area contributed by atoms with E-state index in [1.165, 1.54) is 0 Å². The molecule has 154 valence electrons. The van der Waals surface area contributed by atoms with Crippen LogP contribution >= 0.6 is 12.6 Å². The van der Waals surface area contributed by atoms with Crippen molar-refractivity contribution >= 4 is 42.3 Å². The zero-order valence-corrected chi connectivity index (χ0v) is 16.0. The van der Waals surface area contributed by atoms with Gasteiger partial charge in [-0.1, -0.05) is 13.8 Å². The molecular formula is C15H26N4O7S. The van der Waals surface area contributed by atoms with Crippen molar-refractivity contribution in [1.29, 1.82) is 0 Å². The lowest BCUT2D eigenvalue weighted by Gasteiger charge is -2.21. The third kappa shape index (κ3) is 9.80. The Morgan fingerprint density at radius 3 is 2.04 bits per heavy atom. The Morgan fingerprint density at radius 2 is 1.59 bits per heavy atom. The second kappa shape index (κ2) is 12.1. The van der Waals surface area contributed by atoms with E-state index in [-0.39, 0.29) is 18.1 Å². The number of nitrogens with one attached hydrogen (secondary N) is 3. The molecule has 0 fully saturated rings. The van der Waals surface area contributed by atoms with Gasteiger partial charge in [-0.05, 0) is 12.3 Å². The van der Waals surface area contributed by atoms with E-state index in [0.717, 1.165) is 0 Å². The SMILES string of the molecule is CC(C)C(N)C(=O)NCC(=O)NC(CCC(=O)O)C(=O)NC(CS)C(=O)O. The molecule has 11 nitrogen and oxygen atoms in total. The summed E-state index contributed by atoms with van der Waals surface area (Å²) in [5, 5.41) is 24.5. The number of carbonyl (C=O) groups excluding carboxylic acids is 3. The molecule has 7 N–H and O–H groups in total. The molecule has 0 aliphatic heterocycles. The lowest BCUT2D eigenvalue weighted by molar-refractivity contribution is -0.142. The van der Waals surface area contributed by atoms with Crippen LogP contribution < -0.4 is 21.7 Å². The predicted molar refractivity (Wildman–Crippen MR) is 98.0 cm³/mol. The van der Waals surface area contributed by atoms with Crippen LogP contribution in [0.2, 0.25) is 0 Å². The minimum Gasteiger partial charge on any atom is -0.481 e. The first-order valence-corrected chi connectivity index (χ1v) is 8.81. The van der Waals surface area contributed by atoms with Gasteiger partial charge in [0.15, 0.2) is 0 Å². The number of thiol groups is 1. The zero-order chi connectivity index (χ0) is 21.1. The third-order valence-electron chi connectivity index (χ3n) is 3.54. The topological polar surface area (TPSA) is 188 Å². The number of carboxylic acid groups (broad SMARTS) is 2. The van der Waals surface area contributed by atoms with Crippen molar-refractivity contribution in [3.63, 3.8) is 0 Å². The molecule has 0 aliphatic carbocycles. The Balaban J connectivity index is 4.86. The molecule has 27 heavy (non-hydrogen) atoms. The fourth-order valence-corrected chi connectivity index (χ4v) is 2.08. The lowest BCUT2D eigenvalue weighted by Crippen LogP contribution is -2.54. The van der Waals surface area contributed by atoms with Gasteiger partial charge in [0.1, 0.15) is 12.1 Å². The first-order valence-electron chi connectivity index (χ1n) is 8.18. The maximum absolute atomic E-state index is 12.2. The summed E-state index contributed by atoms with van der Waals surface area (Å²) in [7, 11) is 0. The number of carboxylic acids is 2. The lowest BCUT2D eigenvalue weighted by atomic mass is 10.1. The van der Waals surface area contributed by atoms with Crippen LogP contribution in [0.4, 0.5) is 0 Å². The number of aliphatic carboxylic acids is 2. The van der Waals surface area contributed by atoms with Gasteiger partial charge in [0.25, 0.3) is 0 Å². The summed E-state index contributed by atoms with van der Waals surface area (Å²) < 4.78 is 0. The van der Waals surface area contributed by atoms with Crippen LogP contribution in [0.3, 0.4) is 0 Å². The van der Waals surface area contributed by atoms with Gasteiger partial charge in [-0.3, -0.25) is 19.2 Å². The minimum absolute atomic E-state index is 0.142. The summed E-state index contributed by atoms with van der Waals surface area (Å²) >= 11 is 3.81. The van der Waals surface area contributed by atoms with E-state index in [1.807, 2.05) is 0 Å². The fraction of sp³-hybridized carbons (Fsp3) is 0.667. The van der Waals surface area contributed by atoms with Crippen LogP contribution in [0.1, 0.15) is 26.7 Å². The quantitative estimate of drug-likeness (QED) is 0.180. The highest BCUT2D eigenvalue weighted by molar-refractivity contribution is 7.80. The summed E-state index contributed by atoms with van der Waals surface area (Å²) in [6.45, 7) is 3.00. The largest absolute Gasteiger partial charge is 0.481 e. The highest BCUT2D eigenvalue weighted by Crippen LogP contribution is 2.01. The van der Waals surface area contributed by atoms with Gasteiger partial charge in [-0.25, -0.2) is 4.79 Å². The second-order valence-corrected chi connectivity index (χ2v) is 6.49. The standard InChI is InChI=1S/C15H26N4O7S/c1-7(2)12(16)14(24)17-5-10(20)18-8(3-4-11(21)22)13(23)19-9(6-27)15(25)26/h7-9,12,27H,3-6,16H2,1-2H3,(H,17,24)(H,18,20)(H,19,23)(H,21,22)(H,25,26). The van der Waals surface area contributed by atoms with Crippen LogP contribution in [-0.2, 0) is 24.0 Å².